The molecule has 6 heteroatoms. The third-order valence-electron chi connectivity index (χ3n) is 2.53. The van der Waals surface area contributed by atoms with Gasteiger partial charge in [0.15, 0.2) is 5.82 Å². The molecule has 0 saturated heterocycles. The molecule has 3 nitrogen and oxygen atoms in total. The number of nitrogens with zero attached hydrogens (tertiary/aromatic N) is 3. The molecule has 0 fully saturated rings. The van der Waals surface area contributed by atoms with Crippen molar-refractivity contribution in [3.63, 3.8) is 0 Å². The van der Waals surface area contributed by atoms with E-state index in [1.165, 1.54) is 6.20 Å². The SMILES string of the molecule is Cc1ccncc1-c1ncc(CBr)c(C(F)F)n1. The van der Waals surface area contributed by atoms with Crippen LogP contribution < -0.4 is 0 Å². The van der Waals surface area contributed by atoms with Crippen LogP contribution in [0.5, 0.6) is 0 Å². The van der Waals surface area contributed by atoms with Crippen molar-refractivity contribution in [1.29, 1.82) is 0 Å². The van der Waals surface area contributed by atoms with Gasteiger partial charge in [0, 0.05) is 35.0 Å². The summed E-state index contributed by atoms with van der Waals surface area (Å²) in [6, 6.07) is 1.79. The summed E-state index contributed by atoms with van der Waals surface area (Å²) in [5, 5.41) is 0.305. The molecule has 0 N–H and O–H groups in total. The Morgan fingerprint density at radius 3 is 2.72 bits per heavy atom. The van der Waals surface area contributed by atoms with Gasteiger partial charge in [0.1, 0.15) is 5.69 Å². The number of alkyl halides is 3. The fourth-order valence-electron chi connectivity index (χ4n) is 1.54. The molecule has 0 atom stereocenters. The van der Waals surface area contributed by atoms with Crippen LogP contribution in [0.15, 0.2) is 24.7 Å². The summed E-state index contributed by atoms with van der Waals surface area (Å²) in [6.45, 7) is 1.86. The summed E-state index contributed by atoms with van der Waals surface area (Å²) in [5.41, 5.74) is 1.73. The molecular weight excluding hydrogens is 304 g/mol. The highest BCUT2D eigenvalue weighted by Crippen LogP contribution is 2.25. The molecular formula is C12H10BrF2N3. The van der Waals surface area contributed by atoms with Gasteiger partial charge in [0.2, 0.25) is 0 Å². The van der Waals surface area contributed by atoms with Crippen LogP contribution in [0.25, 0.3) is 11.4 Å². The summed E-state index contributed by atoms with van der Waals surface area (Å²) in [6.07, 6.45) is 2.02. The van der Waals surface area contributed by atoms with E-state index in [4.69, 9.17) is 0 Å². The minimum Gasteiger partial charge on any atom is -0.264 e. The fraction of sp³-hybridized carbons (Fsp3) is 0.250. The van der Waals surface area contributed by atoms with Crippen LogP contribution in [0.3, 0.4) is 0 Å². The van der Waals surface area contributed by atoms with E-state index in [1.54, 1.807) is 18.5 Å². The Kier molecular flexibility index (Phi) is 3.96. The normalized spacial score (nSPS) is 10.9. The van der Waals surface area contributed by atoms with Crippen molar-refractivity contribution in [2.24, 2.45) is 0 Å². The van der Waals surface area contributed by atoms with Gasteiger partial charge in [-0.25, -0.2) is 18.7 Å². The lowest BCUT2D eigenvalue weighted by Gasteiger charge is -2.08. The first-order chi connectivity index (χ1) is 8.63. The van der Waals surface area contributed by atoms with Gasteiger partial charge < -0.3 is 0 Å². The zero-order valence-corrected chi connectivity index (χ0v) is 11.2. The van der Waals surface area contributed by atoms with Crippen molar-refractivity contribution in [2.45, 2.75) is 18.7 Å². The molecule has 0 radical (unpaired) electrons. The summed E-state index contributed by atoms with van der Waals surface area (Å²) in [7, 11) is 0. The van der Waals surface area contributed by atoms with Crippen LogP contribution in [-0.4, -0.2) is 15.0 Å². The lowest BCUT2D eigenvalue weighted by atomic mass is 10.1. The van der Waals surface area contributed by atoms with Gasteiger partial charge >= 0.3 is 0 Å². The predicted octanol–water partition coefficient (Wildman–Crippen LogP) is 3.68. The highest BCUT2D eigenvalue weighted by molar-refractivity contribution is 9.08. The standard InChI is InChI=1S/C12H10BrF2N3/c1-7-2-3-16-6-9(7)12-17-5-8(4-13)10(18-12)11(14)15/h2-3,5-6,11H,4H2,1H3. The number of hydrogen-bond donors (Lipinski definition) is 0. The van der Waals surface area contributed by atoms with Crippen molar-refractivity contribution in [2.75, 3.05) is 0 Å². The maximum Gasteiger partial charge on any atom is 0.280 e. The first kappa shape index (κ1) is 13.0. The van der Waals surface area contributed by atoms with Gasteiger partial charge in [-0.1, -0.05) is 15.9 Å². The molecule has 0 spiro atoms. The van der Waals surface area contributed by atoms with Crippen LogP contribution in [-0.2, 0) is 5.33 Å². The Hall–Kier alpha value is -1.43. The molecule has 0 unspecified atom stereocenters. The summed E-state index contributed by atoms with van der Waals surface area (Å²) < 4.78 is 25.8. The van der Waals surface area contributed by atoms with Gasteiger partial charge in [-0.3, -0.25) is 4.98 Å². The maximum absolute atomic E-state index is 12.9. The first-order valence-corrected chi connectivity index (χ1v) is 6.36. The topological polar surface area (TPSA) is 38.7 Å². The molecule has 18 heavy (non-hydrogen) atoms. The molecule has 0 saturated carbocycles. The van der Waals surface area contributed by atoms with Gasteiger partial charge in [-0.2, -0.15) is 0 Å². The van der Waals surface area contributed by atoms with Gasteiger partial charge in [-0.15, -0.1) is 0 Å². The van der Waals surface area contributed by atoms with E-state index in [1.807, 2.05) is 6.92 Å². The number of halogens is 3. The Labute approximate surface area is 111 Å². The molecule has 0 aliphatic carbocycles. The van der Waals surface area contributed by atoms with Crippen molar-refractivity contribution in [3.8, 4) is 11.4 Å². The molecule has 2 aromatic heterocycles. The van der Waals surface area contributed by atoms with Crippen LogP contribution in [0.2, 0.25) is 0 Å². The number of hydrogen-bond acceptors (Lipinski definition) is 3. The second kappa shape index (κ2) is 5.48. The second-order valence-electron chi connectivity index (χ2n) is 3.73. The average molecular weight is 314 g/mol. The van der Waals surface area contributed by atoms with E-state index < -0.39 is 6.43 Å². The van der Waals surface area contributed by atoms with Crippen LogP contribution in [0.4, 0.5) is 8.78 Å². The predicted molar refractivity (Wildman–Crippen MR) is 67.6 cm³/mol. The van der Waals surface area contributed by atoms with E-state index in [0.29, 0.717) is 16.5 Å². The van der Waals surface area contributed by atoms with Crippen molar-refractivity contribution >= 4 is 15.9 Å². The highest BCUT2D eigenvalue weighted by atomic mass is 79.9. The minimum absolute atomic E-state index is 0.236. The number of pyridine rings is 1. The summed E-state index contributed by atoms with van der Waals surface area (Å²) in [5.74, 6) is 0.278. The van der Waals surface area contributed by atoms with Crippen molar-refractivity contribution < 1.29 is 8.78 Å². The van der Waals surface area contributed by atoms with E-state index in [9.17, 15) is 8.78 Å². The molecule has 2 aromatic rings. The second-order valence-corrected chi connectivity index (χ2v) is 4.29. The fourth-order valence-corrected chi connectivity index (χ4v) is 1.97. The average Bonchev–Trinajstić information content (AvgIpc) is 2.38. The van der Waals surface area contributed by atoms with E-state index in [-0.39, 0.29) is 11.5 Å². The van der Waals surface area contributed by atoms with Crippen molar-refractivity contribution in [1.82, 2.24) is 15.0 Å². The molecule has 0 aromatic carbocycles. The Balaban J connectivity index is 2.54. The number of rotatable bonds is 3. The van der Waals surface area contributed by atoms with Gasteiger partial charge in [0.25, 0.3) is 6.43 Å². The number of aryl methyl sites for hydroxylation is 1. The summed E-state index contributed by atoms with van der Waals surface area (Å²) >= 11 is 3.15. The quantitative estimate of drug-likeness (QED) is 0.811. The molecule has 0 aliphatic heterocycles. The third kappa shape index (κ3) is 2.53. The molecule has 94 valence electrons. The zero-order chi connectivity index (χ0) is 13.1. The Morgan fingerprint density at radius 2 is 2.11 bits per heavy atom. The number of aromatic nitrogens is 3. The highest BCUT2D eigenvalue weighted by Gasteiger charge is 2.17. The van der Waals surface area contributed by atoms with Crippen LogP contribution in [0.1, 0.15) is 23.2 Å². The smallest absolute Gasteiger partial charge is 0.264 e. The molecule has 2 rings (SSSR count). The largest absolute Gasteiger partial charge is 0.280 e. The molecule has 0 bridgehead atoms. The van der Waals surface area contributed by atoms with Gasteiger partial charge in [0.05, 0.1) is 0 Å². The van der Waals surface area contributed by atoms with E-state index in [2.05, 4.69) is 30.9 Å². The zero-order valence-electron chi connectivity index (χ0n) is 9.57. The lowest BCUT2D eigenvalue weighted by molar-refractivity contribution is 0.145. The Morgan fingerprint density at radius 1 is 1.33 bits per heavy atom. The molecule has 0 aliphatic rings. The summed E-state index contributed by atoms with van der Waals surface area (Å²) in [4.78, 5) is 12.0. The third-order valence-corrected chi connectivity index (χ3v) is 3.13. The molecule has 0 amide bonds. The maximum atomic E-state index is 12.9. The Bertz CT molecular complexity index is 561. The first-order valence-electron chi connectivity index (χ1n) is 5.24. The lowest BCUT2D eigenvalue weighted by Crippen LogP contribution is -2.02. The minimum atomic E-state index is -2.61. The molecule has 2 heterocycles. The van der Waals surface area contributed by atoms with Crippen molar-refractivity contribution in [3.05, 3.63) is 41.5 Å². The van der Waals surface area contributed by atoms with Crippen LogP contribution in [0, 0.1) is 6.92 Å². The van der Waals surface area contributed by atoms with Gasteiger partial charge in [-0.05, 0) is 18.6 Å². The van der Waals surface area contributed by atoms with E-state index in [0.717, 1.165) is 5.56 Å². The van der Waals surface area contributed by atoms with E-state index >= 15 is 0 Å². The van der Waals surface area contributed by atoms with Crippen LogP contribution >= 0.6 is 15.9 Å². The monoisotopic (exact) mass is 313 g/mol.